The minimum atomic E-state index is -0.342. The Labute approximate surface area is 89.3 Å². The van der Waals surface area contributed by atoms with Crippen molar-refractivity contribution in [2.75, 3.05) is 26.8 Å². The highest BCUT2D eigenvalue weighted by molar-refractivity contribution is 5.74. The number of carbonyl (C=O) groups excluding carboxylic acids is 2. The van der Waals surface area contributed by atoms with Crippen molar-refractivity contribution in [3.63, 3.8) is 0 Å². The third kappa shape index (κ3) is 3.11. The lowest BCUT2D eigenvalue weighted by molar-refractivity contribution is -0.147. The first-order valence-corrected chi connectivity index (χ1v) is 5.18. The third-order valence-corrected chi connectivity index (χ3v) is 2.48. The summed E-state index contributed by atoms with van der Waals surface area (Å²) < 4.78 is 9.54. The van der Waals surface area contributed by atoms with Crippen molar-refractivity contribution < 1.29 is 19.1 Å². The van der Waals surface area contributed by atoms with E-state index in [9.17, 15) is 9.59 Å². The van der Waals surface area contributed by atoms with E-state index in [1.165, 1.54) is 7.11 Å². The van der Waals surface area contributed by atoms with Gasteiger partial charge in [-0.2, -0.15) is 0 Å². The molecule has 1 heterocycles. The smallest absolute Gasteiger partial charge is 0.409 e. The van der Waals surface area contributed by atoms with Crippen LogP contribution in [0, 0.1) is 5.92 Å². The zero-order valence-corrected chi connectivity index (χ0v) is 9.19. The van der Waals surface area contributed by atoms with Gasteiger partial charge in [-0.25, -0.2) is 4.79 Å². The molecule has 0 radical (unpaired) electrons. The molecule has 86 valence electrons. The number of rotatable bonds is 2. The number of hydrogen-bond donors (Lipinski definition) is 0. The van der Waals surface area contributed by atoms with E-state index in [2.05, 4.69) is 4.74 Å². The van der Waals surface area contributed by atoms with E-state index in [0.29, 0.717) is 19.7 Å². The molecule has 5 nitrogen and oxygen atoms in total. The predicted octanol–water partition coefficient (Wildman–Crippen LogP) is 1.03. The Morgan fingerprint density at radius 2 is 2.20 bits per heavy atom. The van der Waals surface area contributed by atoms with Gasteiger partial charge in [0.2, 0.25) is 0 Å². The van der Waals surface area contributed by atoms with E-state index in [-0.39, 0.29) is 18.0 Å². The van der Waals surface area contributed by atoms with Gasteiger partial charge in [-0.15, -0.1) is 0 Å². The molecular formula is C10H17NO4. The van der Waals surface area contributed by atoms with Crippen LogP contribution in [-0.4, -0.2) is 43.8 Å². The number of piperidine rings is 1. The molecule has 1 amide bonds. The molecule has 0 aromatic rings. The molecule has 15 heavy (non-hydrogen) atoms. The van der Waals surface area contributed by atoms with Gasteiger partial charge < -0.3 is 14.4 Å². The molecule has 1 saturated heterocycles. The zero-order valence-electron chi connectivity index (χ0n) is 9.19. The molecule has 0 N–H and O–H groups in total. The van der Waals surface area contributed by atoms with Gasteiger partial charge in [0, 0.05) is 13.1 Å². The first-order chi connectivity index (χ1) is 7.19. The van der Waals surface area contributed by atoms with Crippen LogP contribution in [0.4, 0.5) is 4.79 Å². The first-order valence-electron chi connectivity index (χ1n) is 5.18. The van der Waals surface area contributed by atoms with Gasteiger partial charge in [-0.05, 0) is 19.8 Å². The van der Waals surface area contributed by atoms with Gasteiger partial charge in [-0.3, -0.25) is 4.79 Å². The van der Waals surface area contributed by atoms with E-state index in [0.717, 1.165) is 12.8 Å². The third-order valence-electron chi connectivity index (χ3n) is 2.48. The number of esters is 1. The number of nitrogens with zero attached hydrogens (tertiary/aromatic N) is 1. The van der Waals surface area contributed by atoms with Crippen LogP contribution in [0.25, 0.3) is 0 Å². The number of hydrogen-bond acceptors (Lipinski definition) is 4. The fourth-order valence-corrected chi connectivity index (χ4v) is 1.72. The maximum Gasteiger partial charge on any atom is 0.409 e. The Bertz CT molecular complexity index is 242. The Morgan fingerprint density at radius 1 is 1.47 bits per heavy atom. The molecule has 0 unspecified atom stereocenters. The fraction of sp³-hybridized carbons (Fsp3) is 0.800. The summed E-state index contributed by atoms with van der Waals surface area (Å²) in [6.45, 7) is 3.19. The molecule has 0 aliphatic carbocycles. The number of methoxy groups -OCH3 is 1. The van der Waals surface area contributed by atoms with Crippen LogP contribution < -0.4 is 0 Å². The van der Waals surface area contributed by atoms with Gasteiger partial charge in [-0.1, -0.05) is 0 Å². The van der Waals surface area contributed by atoms with Crippen LogP contribution in [0.15, 0.2) is 0 Å². The molecule has 1 aliphatic rings. The molecule has 1 rings (SSSR count). The summed E-state index contributed by atoms with van der Waals surface area (Å²) in [5, 5.41) is 0. The minimum absolute atomic E-state index is 0.201. The standard InChI is InChI=1S/C10H17NO4/c1-3-15-10(13)11-6-4-5-8(7-11)9(12)14-2/h8H,3-7H2,1-2H3/t8-/m1/s1. The second-order valence-corrected chi connectivity index (χ2v) is 3.51. The number of likely N-dealkylation sites (tertiary alicyclic amines) is 1. The monoisotopic (exact) mass is 215 g/mol. The summed E-state index contributed by atoms with van der Waals surface area (Å²) >= 11 is 0. The van der Waals surface area contributed by atoms with Crippen molar-refractivity contribution in [2.45, 2.75) is 19.8 Å². The van der Waals surface area contributed by atoms with Gasteiger partial charge in [0.1, 0.15) is 0 Å². The summed E-state index contributed by atoms with van der Waals surface area (Å²) in [5.74, 6) is -0.447. The van der Waals surface area contributed by atoms with Gasteiger partial charge in [0.05, 0.1) is 19.6 Å². The normalized spacial score (nSPS) is 20.9. The fourth-order valence-electron chi connectivity index (χ4n) is 1.72. The number of carbonyl (C=O) groups is 2. The topological polar surface area (TPSA) is 55.8 Å². The average Bonchev–Trinajstić information content (AvgIpc) is 2.28. The second-order valence-electron chi connectivity index (χ2n) is 3.51. The lowest BCUT2D eigenvalue weighted by Gasteiger charge is -2.30. The van der Waals surface area contributed by atoms with Crippen molar-refractivity contribution >= 4 is 12.1 Å². The van der Waals surface area contributed by atoms with Gasteiger partial charge in [0.25, 0.3) is 0 Å². The molecule has 0 aromatic heterocycles. The Morgan fingerprint density at radius 3 is 2.80 bits per heavy atom. The number of ether oxygens (including phenoxy) is 2. The van der Waals surface area contributed by atoms with E-state index in [1.54, 1.807) is 11.8 Å². The lowest BCUT2D eigenvalue weighted by Crippen LogP contribution is -2.42. The number of amides is 1. The Hall–Kier alpha value is -1.26. The predicted molar refractivity (Wildman–Crippen MR) is 53.3 cm³/mol. The largest absolute Gasteiger partial charge is 0.469 e. The SMILES string of the molecule is CCOC(=O)N1CCC[C@@H](C(=O)OC)C1. The quantitative estimate of drug-likeness (QED) is 0.645. The summed E-state index contributed by atoms with van der Waals surface area (Å²) in [6.07, 6.45) is 1.26. The molecule has 1 fully saturated rings. The lowest BCUT2D eigenvalue weighted by atomic mass is 9.99. The zero-order chi connectivity index (χ0) is 11.3. The molecular weight excluding hydrogens is 198 g/mol. The summed E-state index contributed by atoms with van der Waals surface area (Å²) in [7, 11) is 1.37. The van der Waals surface area contributed by atoms with Crippen molar-refractivity contribution in [1.29, 1.82) is 0 Å². The summed E-state index contributed by atoms with van der Waals surface area (Å²) in [4.78, 5) is 24.3. The van der Waals surface area contributed by atoms with Crippen LogP contribution in [0.3, 0.4) is 0 Å². The highest BCUT2D eigenvalue weighted by Gasteiger charge is 2.29. The first kappa shape index (κ1) is 11.8. The molecule has 0 saturated carbocycles. The van der Waals surface area contributed by atoms with Gasteiger partial charge >= 0.3 is 12.1 Å². The summed E-state index contributed by atoms with van der Waals surface area (Å²) in [6, 6.07) is 0. The van der Waals surface area contributed by atoms with Crippen molar-refractivity contribution in [3.8, 4) is 0 Å². The van der Waals surface area contributed by atoms with Crippen LogP contribution in [0.1, 0.15) is 19.8 Å². The van der Waals surface area contributed by atoms with Gasteiger partial charge in [0.15, 0.2) is 0 Å². The Balaban J connectivity index is 2.48. The highest BCUT2D eigenvalue weighted by Crippen LogP contribution is 2.18. The van der Waals surface area contributed by atoms with Crippen LogP contribution in [0.5, 0.6) is 0 Å². The summed E-state index contributed by atoms with van der Waals surface area (Å²) in [5.41, 5.74) is 0. The molecule has 1 aliphatic heterocycles. The van der Waals surface area contributed by atoms with E-state index in [1.807, 2.05) is 0 Å². The molecule has 0 spiro atoms. The molecule has 5 heteroatoms. The molecule has 1 atom stereocenters. The molecule has 0 bridgehead atoms. The van der Waals surface area contributed by atoms with E-state index in [4.69, 9.17) is 4.74 Å². The minimum Gasteiger partial charge on any atom is -0.469 e. The maximum absolute atomic E-state index is 11.4. The van der Waals surface area contributed by atoms with Crippen molar-refractivity contribution in [3.05, 3.63) is 0 Å². The van der Waals surface area contributed by atoms with Crippen LogP contribution >= 0.6 is 0 Å². The maximum atomic E-state index is 11.4. The molecule has 0 aromatic carbocycles. The van der Waals surface area contributed by atoms with Crippen molar-refractivity contribution in [2.24, 2.45) is 5.92 Å². The van der Waals surface area contributed by atoms with E-state index < -0.39 is 0 Å². The highest BCUT2D eigenvalue weighted by atomic mass is 16.6. The van der Waals surface area contributed by atoms with Crippen molar-refractivity contribution in [1.82, 2.24) is 4.90 Å². The second kappa shape index (κ2) is 5.58. The van der Waals surface area contributed by atoms with Crippen LogP contribution in [-0.2, 0) is 14.3 Å². The Kier molecular flexibility index (Phi) is 4.39. The van der Waals surface area contributed by atoms with E-state index >= 15 is 0 Å². The average molecular weight is 215 g/mol. The van der Waals surface area contributed by atoms with Crippen LogP contribution in [0.2, 0.25) is 0 Å².